The SMILES string of the molecule is C[C@@H](C(=O)c1cn[nH]n1)[C@@H]1NC(=O)[C@H]1[C@@H](CO[Si](C)C)C(C)(C)C. The number of carbonyl (C=O) groups excluding carboxylic acids is 2. The highest BCUT2D eigenvalue weighted by Crippen LogP contribution is 2.40. The van der Waals surface area contributed by atoms with E-state index < -0.39 is 9.04 Å². The highest BCUT2D eigenvalue weighted by molar-refractivity contribution is 6.48. The number of carbonyl (C=O) groups is 2. The molecule has 7 nitrogen and oxygen atoms in total. The molecular weight excluding hydrogens is 324 g/mol. The van der Waals surface area contributed by atoms with Crippen LogP contribution in [0.2, 0.25) is 13.1 Å². The number of aromatic amines is 1. The fraction of sp³-hybridized carbons (Fsp3) is 0.750. The number of nitrogens with zero attached hydrogens (tertiary/aromatic N) is 2. The van der Waals surface area contributed by atoms with Crippen LogP contribution < -0.4 is 5.32 Å². The zero-order chi connectivity index (χ0) is 18.1. The number of aromatic nitrogens is 3. The zero-order valence-electron chi connectivity index (χ0n) is 15.2. The van der Waals surface area contributed by atoms with Crippen molar-refractivity contribution in [2.24, 2.45) is 23.2 Å². The van der Waals surface area contributed by atoms with Crippen LogP contribution in [0.5, 0.6) is 0 Å². The molecule has 0 unspecified atom stereocenters. The van der Waals surface area contributed by atoms with Crippen molar-refractivity contribution in [2.45, 2.75) is 46.8 Å². The summed E-state index contributed by atoms with van der Waals surface area (Å²) in [6.07, 6.45) is 1.42. The van der Waals surface area contributed by atoms with E-state index >= 15 is 0 Å². The Balaban J connectivity index is 2.16. The lowest BCUT2D eigenvalue weighted by atomic mass is 9.64. The lowest BCUT2D eigenvalue weighted by Gasteiger charge is -2.48. The second-order valence-electron chi connectivity index (χ2n) is 7.76. The van der Waals surface area contributed by atoms with Crippen molar-refractivity contribution in [1.82, 2.24) is 20.7 Å². The van der Waals surface area contributed by atoms with Crippen molar-refractivity contribution < 1.29 is 14.0 Å². The average Bonchev–Trinajstić information content (AvgIpc) is 3.00. The lowest BCUT2D eigenvalue weighted by Crippen LogP contribution is -2.66. The normalized spacial score (nSPS) is 23.5. The van der Waals surface area contributed by atoms with E-state index in [-0.39, 0.29) is 40.9 Å². The molecule has 0 aromatic carbocycles. The molecule has 1 aliphatic rings. The molecule has 1 saturated heterocycles. The Labute approximate surface area is 144 Å². The van der Waals surface area contributed by atoms with E-state index in [9.17, 15) is 9.59 Å². The van der Waals surface area contributed by atoms with Gasteiger partial charge >= 0.3 is 0 Å². The van der Waals surface area contributed by atoms with Gasteiger partial charge in [-0.25, -0.2) is 0 Å². The van der Waals surface area contributed by atoms with Gasteiger partial charge in [0.05, 0.1) is 18.2 Å². The molecule has 2 rings (SSSR count). The summed E-state index contributed by atoms with van der Waals surface area (Å²) in [6, 6.07) is -0.195. The zero-order valence-corrected chi connectivity index (χ0v) is 16.2. The molecule has 1 aliphatic heterocycles. The number of H-pyrrole nitrogens is 1. The molecule has 8 heteroatoms. The fourth-order valence-corrected chi connectivity index (χ4v) is 3.66. The first kappa shape index (κ1) is 18.8. The topological polar surface area (TPSA) is 97.0 Å². The Morgan fingerprint density at radius 2 is 2.08 bits per heavy atom. The van der Waals surface area contributed by atoms with Crippen molar-refractivity contribution in [3.63, 3.8) is 0 Å². The molecule has 0 aliphatic carbocycles. The lowest BCUT2D eigenvalue weighted by molar-refractivity contribution is -0.143. The quantitative estimate of drug-likeness (QED) is 0.442. The van der Waals surface area contributed by atoms with E-state index in [0.29, 0.717) is 12.3 Å². The van der Waals surface area contributed by atoms with Gasteiger partial charge in [-0.3, -0.25) is 9.59 Å². The second-order valence-corrected chi connectivity index (χ2v) is 9.87. The Bertz CT molecular complexity index is 583. The van der Waals surface area contributed by atoms with Crippen molar-refractivity contribution in [3.05, 3.63) is 11.9 Å². The molecule has 1 fully saturated rings. The highest BCUT2D eigenvalue weighted by Gasteiger charge is 2.51. The van der Waals surface area contributed by atoms with Crippen LogP contribution in [-0.4, -0.2) is 48.8 Å². The predicted octanol–water partition coefficient (Wildman–Crippen LogP) is 1.67. The van der Waals surface area contributed by atoms with Gasteiger partial charge in [-0.15, -0.1) is 0 Å². The maximum Gasteiger partial charge on any atom is 0.225 e. The second kappa shape index (κ2) is 7.14. The number of amides is 1. The summed E-state index contributed by atoms with van der Waals surface area (Å²) < 4.78 is 5.91. The van der Waals surface area contributed by atoms with Crippen LogP contribution in [0.25, 0.3) is 0 Å². The van der Waals surface area contributed by atoms with Crippen LogP contribution in [0, 0.1) is 23.2 Å². The fourth-order valence-electron chi connectivity index (χ4n) is 3.15. The first-order valence-corrected chi connectivity index (χ1v) is 10.7. The van der Waals surface area contributed by atoms with E-state index in [2.05, 4.69) is 54.6 Å². The van der Waals surface area contributed by atoms with Gasteiger partial charge in [0.15, 0.2) is 5.78 Å². The molecule has 1 aromatic rings. The Kier molecular flexibility index (Phi) is 5.59. The molecule has 0 spiro atoms. The number of rotatable bonds is 7. The summed E-state index contributed by atoms with van der Waals surface area (Å²) in [5, 5.41) is 12.9. The number of β-lactam (4-membered cyclic amide) rings is 1. The Hall–Kier alpha value is -1.54. The molecule has 24 heavy (non-hydrogen) atoms. The summed E-state index contributed by atoms with van der Waals surface area (Å²) in [7, 11) is -0.833. The van der Waals surface area contributed by atoms with E-state index in [4.69, 9.17) is 4.43 Å². The number of ketones is 1. The monoisotopic (exact) mass is 351 g/mol. The molecule has 1 radical (unpaired) electrons. The van der Waals surface area contributed by atoms with Crippen molar-refractivity contribution in [2.75, 3.05) is 6.61 Å². The number of hydrogen-bond donors (Lipinski definition) is 2. The molecule has 2 N–H and O–H groups in total. The van der Waals surface area contributed by atoms with Crippen LogP contribution in [0.3, 0.4) is 0 Å². The van der Waals surface area contributed by atoms with Crippen LogP contribution in [0.4, 0.5) is 0 Å². The molecule has 1 amide bonds. The van der Waals surface area contributed by atoms with Gasteiger partial charge in [0.25, 0.3) is 0 Å². The largest absolute Gasteiger partial charge is 0.417 e. The standard InChI is InChI=1S/C16H27N4O3Si/c1-9(14(21)11-7-17-20-19-11)13-12(15(22)18-13)10(16(2,3)4)8-23-24(5)6/h7,9-10,12-13H,8H2,1-6H3,(H,18,22)(H,17,19,20)/t9-,10-,12+,13+/m1/s1. The van der Waals surface area contributed by atoms with Gasteiger partial charge in [0.1, 0.15) is 5.69 Å². The number of hydrogen-bond acceptors (Lipinski definition) is 5. The summed E-state index contributed by atoms with van der Waals surface area (Å²) in [6.45, 7) is 12.9. The highest BCUT2D eigenvalue weighted by atomic mass is 28.3. The Morgan fingerprint density at radius 3 is 2.54 bits per heavy atom. The molecule has 2 heterocycles. The number of Topliss-reactive ketones (excluding diaryl/α,β-unsaturated/α-hetero) is 1. The average molecular weight is 352 g/mol. The summed E-state index contributed by atoms with van der Waals surface area (Å²) >= 11 is 0. The molecule has 133 valence electrons. The third-order valence-corrected chi connectivity index (χ3v) is 5.46. The Morgan fingerprint density at radius 1 is 1.42 bits per heavy atom. The van der Waals surface area contributed by atoms with Crippen LogP contribution >= 0.6 is 0 Å². The van der Waals surface area contributed by atoms with E-state index in [1.54, 1.807) is 0 Å². The minimum absolute atomic E-state index is 0.00399. The van der Waals surface area contributed by atoms with Crippen molar-refractivity contribution >= 4 is 20.7 Å². The van der Waals surface area contributed by atoms with Gasteiger partial charge < -0.3 is 9.74 Å². The first-order chi connectivity index (χ1) is 11.1. The van der Waals surface area contributed by atoms with Crippen molar-refractivity contribution in [1.29, 1.82) is 0 Å². The molecule has 0 bridgehead atoms. The summed E-state index contributed by atoms with van der Waals surface area (Å²) in [5.41, 5.74) is 0.216. The van der Waals surface area contributed by atoms with Crippen LogP contribution in [-0.2, 0) is 9.22 Å². The van der Waals surface area contributed by atoms with Gasteiger partial charge in [-0.2, -0.15) is 15.4 Å². The van der Waals surface area contributed by atoms with E-state index in [0.717, 1.165) is 0 Å². The minimum atomic E-state index is -0.833. The van der Waals surface area contributed by atoms with Gasteiger partial charge in [0.2, 0.25) is 14.9 Å². The summed E-state index contributed by atoms with van der Waals surface area (Å²) in [4.78, 5) is 24.8. The van der Waals surface area contributed by atoms with Gasteiger partial charge in [-0.05, 0) is 24.4 Å². The maximum absolute atomic E-state index is 12.5. The third-order valence-electron chi connectivity index (χ3n) is 4.72. The minimum Gasteiger partial charge on any atom is -0.417 e. The van der Waals surface area contributed by atoms with Gasteiger partial charge in [-0.1, -0.05) is 27.7 Å². The predicted molar refractivity (Wildman–Crippen MR) is 91.7 cm³/mol. The van der Waals surface area contributed by atoms with Crippen LogP contribution in [0.1, 0.15) is 38.2 Å². The molecule has 4 atom stereocenters. The third kappa shape index (κ3) is 3.92. The first-order valence-electron chi connectivity index (χ1n) is 8.26. The molecular formula is C16H27N4O3Si. The van der Waals surface area contributed by atoms with Crippen molar-refractivity contribution in [3.8, 4) is 0 Å². The molecule has 0 saturated carbocycles. The van der Waals surface area contributed by atoms with Gasteiger partial charge in [0, 0.05) is 12.5 Å². The smallest absolute Gasteiger partial charge is 0.225 e. The molecule has 1 aromatic heterocycles. The van der Waals surface area contributed by atoms with E-state index in [1.807, 2.05) is 6.92 Å². The maximum atomic E-state index is 12.5. The summed E-state index contributed by atoms with van der Waals surface area (Å²) in [5.74, 6) is -0.621. The van der Waals surface area contributed by atoms with E-state index in [1.165, 1.54) is 6.20 Å². The van der Waals surface area contributed by atoms with Crippen LogP contribution in [0.15, 0.2) is 6.20 Å². The number of nitrogens with one attached hydrogen (secondary N) is 2.